The minimum Gasteiger partial charge on any atom is -0.480 e. The maximum Gasteiger partial charge on any atom is 0.350 e. The quantitative estimate of drug-likeness (QED) is 0.259. The number of hydroxylamine groups is 2. The number of nitrogens with zero attached hydrogens (tertiary/aromatic N) is 1. The van der Waals surface area contributed by atoms with Crippen molar-refractivity contribution in [3.63, 3.8) is 0 Å². The molecule has 0 aromatic rings. The van der Waals surface area contributed by atoms with Crippen molar-refractivity contribution in [2.75, 3.05) is 13.1 Å². The lowest BCUT2D eigenvalue weighted by atomic mass is 10.1. The van der Waals surface area contributed by atoms with Gasteiger partial charge in [-0.2, -0.15) is 5.06 Å². The van der Waals surface area contributed by atoms with Gasteiger partial charge in [-0.3, -0.25) is 10.5 Å². The van der Waals surface area contributed by atoms with Crippen molar-refractivity contribution in [1.29, 1.82) is 0 Å². The van der Waals surface area contributed by atoms with E-state index in [1.165, 1.54) is 0 Å². The minimum absolute atomic E-state index is 0.0412. The van der Waals surface area contributed by atoms with Gasteiger partial charge in [-0.15, -0.1) is 0 Å². The highest BCUT2D eigenvalue weighted by molar-refractivity contribution is 5.76. The van der Waals surface area contributed by atoms with Crippen molar-refractivity contribution in [3.05, 3.63) is 0 Å². The lowest BCUT2D eigenvalue weighted by molar-refractivity contribution is -0.161. The summed E-state index contributed by atoms with van der Waals surface area (Å²) in [4.78, 5) is 20.4. The summed E-state index contributed by atoms with van der Waals surface area (Å²) in [6.07, 6.45) is 2.57. The smallest absolute Gasteiger partial charge is 0.350 e. The van der Waals surface area contributed by atoms with E-state index in [4.69, 9.17) is 32.0 Å². The highest BCUT2D eigenvalue weighted by Crippen LogP contribution is 2.13. The fraction of sp³-hybridized carbons (Fsp3) is 0.818. The van der Waals surface area contributed by atoms with Gasteiger partial charge in [0.2, 0.25) is 5.72 Å². The molecule has 1 aliphatic rings. The molecule has 0 amide bonds. The van der Waals surface area contributed by atoms with Crippen LogP contribution in [0, 0.1) is 0 Å². The molecule has 1 aliphatic heterocycles. The average Bonchev–Trinajstić information content (AvgIpc) is 2.76. The molecule has 0 aliphatic carbocycles. The van der Waals surface area contributed by atoms with Gasteiger partial charge in [0.15, 0.2) is 0 Å². The molecule has 0 aromatic heterocycles. The maximum atomic E-state index is 10.2. The molecule has 1 saturated heterocycles. The first-order valence-electron chi connectivity index (χ1n) is 6.35. The molecule has 0 aromatic carbocycles. The number of hydrogen-bond donors (Lipinski definition) is 6. The summed E-state index contributed by atoms with van der Waals surface area (Å²) in [7, 11) is 0. The number of hydrogen-bond acceptors (Lipinski definition) is 7. The van der Waals surface area contributed by atoms with Crippen molar-refractivity contribution < 1.29 is 30.1 Å². The third-order valence-electron chi connectivity index (χ3n) is 2.89. The van der Waals surface area contributed by atoms with E-state index in [9.17, 15) is 9.59 Å². The predicted octanol–water partition coefficient (Wildman–Crippen LogP) is -1.23. The number of carboxylic acids is 2. The molecule has 20 heavy (non-hydrogen) atoms. The molecule has 9 heteroatoms. The summed E-state index contributed by atoms with van der Waals surface area (Å²) in [6, 6.07) is -0.662. The van der Waals surface area contributed by atoms with Crippen molar-refractivity contribution in [2.24, 2.45) is 11.5 Å². The summed E-state index contributed by atoms with van der Waals surface area (Å²) in [5.41, 5.74) is 8.09. The Morgan fingerprint density at radius 2 is 1.90 bits per heavy atom. The first-order valence-corrected chi connectivity index (χ1v) is 6.35. The Labute approximate surface area is 116 Å². The van der Waals surface area contributed by atoms with Gasteiger partial charge in [0.25, 0.3) is 0 Å². The SMILES string of the molecule is NCCCCC(N)(O)C(=O)O.O=C(O)C1CCCN1O. The van der Waals surface area contributed by atoms with E-state index in [1.807, 2.05) is 0 Å². The Bertz CT molecular complexity index is 323. The van der Waals surface area contributed by atoms with Crippen LogP contribution < -0.4 is 11.5 Å². The number of aliphatic hydroxyl groups is 1. The number of nitrogens with two attached hydrogens (primary N) is 2. The monoisotopic (exact) mass is 293 g/mol. The minimum atomic E-state index is -2.09. The molecule has 1 heterocycles. The second kappa shape index (κ2) is 8.82. The topological polar surface area (TPSA) is 170 Å². The van der Waals surface area contributed by atoms with Crippen molar-refractivity contribution in [1.82, 2.24) is 5.06 Å². The fourth-order valence-electron chi connectivity index (χ4n) is 1.65. The molecule has 118 valence electrons. The van der Waals surface area contributed by atoms with Gasteiger partial charge in [0.05, 0.1) is 0 Å². The Kier molecular flexibility index (Phi) is 8.26. The molecule has 8 N–H and O–H groups in total. The lowest BCUT2D eigenvalue weighted by Gasteiger charge is -2.16. The standard InChI is InChI=1S/C6H14N2O3.C5H9NO3/c7-4-2-1-3-6(8,11)5(9)10;7-5(8)4-2-1-3-6(4)9/h11H,1-4,7-8H2,(H,9,10);4,9H,1-3H2,(H,7,8). The fourth-order valence-corrected chi connectivity index (χ4v) is 1.65. The van der Waals surface area contributed by atoms with Crippen LogP contribution in [0.1, 0.15) is 32.1 Å². The normalized spacial score (nSPS) is 21.7. The Morgan fingerprint density at radius 3 is 2.20 bits per heavy atom. The van der Waals surface area contributed by atoms with E-state index >= 15 is 0 Å². The van der Waals surface area contributed by atoms with Gasteiger partial charge in [0, 0.05) is 13.0 Å². The Hall–Kier alpha value is -1.26. The van der Waals surface area contributed by atoms with Crippen LogP contribution in [0.4, 0.5) is 0 Å². The highest BCUT2D eigenvalue weighted by Gasteiger charge is 2.29. The van der Waals surface area contributed by atoms with Crippen LogP contribution in [-0.2, 0) is 9.59 Å². The van der Waals surface area contributed by atoms with Crippen LogP contribution in [-0.4, -0.2) is 62.4 Å². The van der Waals surface area contributed by atoms with E-state index in [-0.39, 0.29) is 6.42 Å². The largest absolute Gasteiger partial charge is 0.480 e. The third kappa shape index (κ3) is 6.78. The van der Waals surface area contributed by atoms with Gasteiger partial charge >= 0.3 is 11.9 Å². The highest BCUT2D eigenvalue weighted by atomic mass is 16.5. The van der Waals surface area contributed by atoms with E-state index in [1.54, 1.807) is 0 Å². The van der Waals surface area contributed by atoms with Crippen LogP contribution in [0.3, 0.4) is 0 Å². The third-order valence-corrected chi connectivity index (χ3v) is 2.89. The van der Waals surface area contributed by atoms with Crippen molar-refractivity contribution in [3.8, 4) is 0 Å². The summed E-state index contributed by atoms with van der Waals surface area (Å²) in [5, 5.41) is 35.4. The Morgan fingerprint density at radius 1 is 1.30 bits per heavy atom. The second-order valence-corrected chi connectivity index (χ2v) is 4.63. The molecule has 0 saturated carbocycles. The number of rotatable bonds is 6. The molecular weight excluding hydrogens is 270 g/mol. The number of unbranched alkanes of at least 4 members (excludes halogenated alkanes) is 1. The van der Waals surface area contributed by atoms with E-state index in [0.29, 0.717) is 32.4 Å². The van der Waals surface area contributed by atoms with Gasteiger partial charge < -0.3 is 26.3 Å². The van der Waals surface area contributed by atoms with Gasteiger partial charge in [0.1, 0.15) is 6.04 Å². The zero-order chi connectivity index (χ0) is 15.8. The van der Waals surface area contributed by atoms with Gasteiger partial charge in [-0.25, -0.2) is 4.79 Å². The first-order chi connectivity index (χ1) is 9.22. The summed E-state index contributed by atoms with van der Waals surface area (Å²) < 4.78 is 0. The maximum absolute atomic E-state index is 10.2. The molecule has 1 rings (SSSR count). The molecule has 9 nitrogen and oxygen atoms in total. The van der Waals surface area contributed by atoms with E-state index < -0.39 is 23.7 Å². The Balaban J connectivity index is 0.000000367. The summed E-state index contributed by atoms with van der Waals surface area (Å²) in [5.74, 6) is -2.33. The van der Waals surface area contributed by atoms with Crippen LogP contribution in [0.25, 0.3) is 0 Å². The molecule has 0 spiro atoms. The molecule has 0 radical (unpaired) electrons. The summed E-state index contributed by atoms with van der Waals surface area (Å²) >= 11 is 0. The zero-order valence-corrected chi connectivity index (χ0v) is 11.2. The van der Waals surface area contributed by atoms with Crippen molar-refractivity contribution >= 4 is 11.9 Å². The van der Waals surface area contributed by atoms with Gasteiger partial charge in [-0.1, -0.05) is 0 Å². The lowest BCUT2D eigenvalue weighted by Crippen LogP contribution is -2.47. The zero-order valence-electron chi connectivity index (χ0n) is 11.2. The number of carbonyl (C=O) groups is 2. The number of aliphatic carboxylic acids is 2. The van der Waals surface area contributed by atoms with E-state index in [0.717, 1.165) is 11.5 Å². The van der Waals surface area contributed by atoms with Crippen molar-refractivity contribution in [2.45, 2.75) is 43.9 Å². The average molecular weight is 293 g/mol. The van der Waals surface area contributed by atoms with Crippen LogP contribution in [0.15, 0.2) is 0 Å². The predicted molar refractivity (Wildman–Crippen MR) is 68.8 cm³/mol. The first kappa shape index (κ1) is 18.7. The summed E-state index contributed by atoms with van der Waals surface area (Å²) in [6.45, 7) is 0.965. The number of carboxylic acid groups (broad SMARTS) is 2. The molecular formula is C11H23N3O6. The second-order valence-electron chi connectivity index (χ2n) is 4.63. The van der Waals surface area contributed by atoms with Gasteiger partial charge in [-0.05, 0) is 32.2 Å². The van der Waals surface area contributed by atoms with E-state index in [2.05, 4.69) is 0 Å². The van der Waals surface area contributed by atoms with Crippen LogP contribution in [0.5, 0.6) is 0 Å². The molecule has 2 atom stereocenters. The molecule has 0 bridgehead atoms. The van der Waals surface area contributed by atoms with Crippen LogP contribution in [0.2, 0.25) is 0 Å². The molecule has 1 fully saturated rings. The molecule has 2 unspecified atom stereocenters. The van der Waals surface area contributed by atoms with Crippen LogP contribution >= 0.6 is 0 Å².